The summed E-state index contributed by atoms with van der Waals surface area (Å²) in [5, 5.41) is 11.1. The molecule has 118 valence electrons. The van der Waals surface area contributed by atoms with Crippen LogP contribution in [-0.4, -0.2) is 30.2 Å². The van der Waals surface area contributed by atoms with Crippen molar-refractivity contribution in [2.75, 3.05) is 6.54 Å². The first-order valence-electron chi connectivity index (χ1n) is 7.01. The van der Waals surface area contributed by atoms with Crippen molar-refractivity contribution in [1.29, 1.82) is 0 Å². The van der Waals surface area contributed by atoms with Crippen LogP contribution in [0.15, 0.2) is 54.0 Å². The lowest BCUT2D eigenvalue weighted by atomic mass is 10.0. The molecule has 22 heavy (non-hydrogen) atoms. The molecule has 0 fully saturated rings. The van der Waals surface area contributed by atoms with E-state index in [-0.39, 0.29) is 17.5 Å². The third-order valence-corrected chi connectivity index (χ3v) is 5.49. The first kappa shape index (κ1) is 16.4. The molecule has 0 heterocycles. The molecule has 2 rings (SSSR count). The minimum absolute atomic E-state index is 0.114. The van der Waals surface area contributed by atoms with E-state index in [0.717, 1.165) is 12.8 Å². The van der Waals surface area contributed by atoms with Crippen molar-refractivity contribution < 1.29 is 13.3 Å². The Morgan fingerprint density at radius 2 is 2.14 bits per heavy atom. The summed E-state index contributed by atoms with van der Waals surface area (Å²) in [6.45, 7) is 3.71. The van der Waals surface area contributed by atoms with E-state index >= 15 is 0 Å². The van der Waals surface area contributed by atoms with Crippen LogP contribution in [0.25, 0.3) is 0 Å². The number of benzene rings is 1. The third kappa shape index (κ3) is 3.26. The quantitative estimate of drug-likeness (QED) is 0.458. The lowest BCUT2D eigenvalue weighted by Gasteiger charge is -2.29. The van der Waals surface area contributed by atoms with Crippen molar-refractivity contribution in [3.63, 3.8) is 0 Å². The molecule has 0 saturated heterocycles. The SMILES string of the molecule is C=CCN(C1C=CCCC1)S(=O)(=O)c1ccccc1[N+](=O)[O-]. The molecule has 0 bridgehead atoms. The molecular weight excluding hydrogens is 304 g/mol. The molecular formula is C15H18N2O4S. The van der Waals surface area contributed by atoms with Crippen LogP contribution in [0.5, 0.6) is 0 Å². The monoisotopic (exact) mass is 322 g/mol. The van der Waals surface area contributed by atoms with Crippen LogP contribution in [0.4, 0.5) is 5.69 Å². The molecule has 0 N–H and O–H groups in total. The molecule has 1 aromatic carbocycles. The van der Waals surface area contributed by atoms with Crippen molar-refractivity contribution in [3.05, 3.63) is 59.2 Å². The predicted molar refractivity (Wildman–Crippen MR) is 84.0 cm³/mol. The minimum atomic E-state index is -3.97. The van der Waals surface area contributed by atoms with Crippen LogP contribution in [0.3, 0.4) is 0 Å². The summed E-state index contributed by atoms with van der Waals surface area (Å²) < 4.78 is 27.0. The fourth-order valence-electron chi connectivity index (χ4n) is 2.53. The van der Waals surface area contributed by atoms with Gasteiger partial charge in [0.15, 0.2) is 4.90 Å². The maximum Gasteiger partial charge on any atom is 0.289 e. The number of rotatable bonds is 6. The lowest BCUT2D eigenvalue weighted by Crippen LogP contribution is -2.40. The summed E-state index contributed by atoms with van der Waals surface area (Å²) in [7, 11) is -3.97. The van der Waals surface area contributed by atoms with Gasteiger partial charge in [-0.25, -0.2) is 8.42 Å². The highest BCUT2D eigenvalue weighted by Crippen LogP contribution is 2.29. The highest BCUT2D eigenvalue weighted by molar-refractivity contribution is 7.89. The lowest BCUT2D eigenvalue weighted by molar-refractivity contribution is -0.387. The number of nitrogens with zero attached hydrogens (tertiary/aromatic N) is 2. The number of sulfonamides is 1. The molecule has 1 unspecified atom stereocenters. The molecule has 1 aliphatic rings. The van der Waals surface area contributed by atoms with Gasteiger partial charge in [0.2, 0.25) is 0 Å². The van der Waals surface area contributed by atoms with Crippen LogP contribution >= 0.6 is 0 Å². The topological polar surface area (TPSA) is 80.5 Å². The number of hydrogen-bond donors (Lipinski definition) is 0. The van der Waals surface area contributed by atoms with Crippen LogP contribution in [0, 0.1) is 10.1 Å². The van der Waals surface area contributed by atoms with Crippen LogP contribution in [0.2, 0.25) is 0 Å². The number of allylic oxidation sites excluding steroid dienone is 1. The predicted octanol–water partition coefficient (Wildman–Crippen LogP) is 2.88. The Bertz CT molecular complexity index is 697. The van der Waals surface area contributed by atoms with Crippen molar-refractivity contribution in [1.82, 2.24) is 4.31 Å². The average molecular weight is 322 g/mol. The first-order chi connectivity index (χ1) is 10.5. The fraction of sp³-hybridized carbons (Fsp3) is 0.333. The summed E-state index contributed by atoms with van der Waals surface area (Å²) in [6, 6.07) is 5.13. The highest BCUT2D eigenvalue weighted by atomic mass is 32.2. The second kappa shape index (κ2) is 6.85. The van der Waals surface area contributed by atoms with Crippen molar-refractivity contribution in [2.24, 2.45) is 0 Å². The van der Waals surface area contributed by atoms with Gasteiger partial charge < -0.3 is 0 Å². The Morgan fingerprint density at radius 1 is 1.41 bits per heavy atom. The molecule has 0 saturated carbocycles. The van der Waals surface area contributed by atoms with Gasteiger partial charge in [0.05, 0.1) is 4.92 Å². The van der Waals surface area contributed by atoms with Gasteiger partial charge in [-0.15, -0.1) is 6.58 Å². The Balaban J connectivity index is 2.50. The Labute approximate surface area is 130 Å². The molecule has 7 heteroatoms. The third-order valence-electron chi connectivity index (χ3n) is 3.56. The fourth-order valence-corrected chi connectivity index (χ4v) is 4.27. The van der Waals surface area contributed by atoms with E-state index in [4.69, 9.17) is 0 Å². The molecule has 1 aromatic rings. The van der Waals surface area contributed by atoms with Gasteiger partial charge >= 0.3 is 0 Å². The molecule has 1 atom stereocenters. The van der Waals surface area contributed by atoms with E-state index in [9.17, 15) is 18.5 Å². The number of hydrogen-bond acceptors (Lipinski definition) is 4. The largest absolute Gasteiger partial charge is 0.289 e. The minimum Gasteiger partial charge on any atom is -0.258 e. The normalized spacial score (nSPS) is 18.3. The van der Waals surface area contributed by atoms with Gasteiger partial charge in [-0.05, 0) is 25.3 Å². The van der Waals surface area contributed by atoms with E-state index < -0.39 is 20.6 Å². The standard InChI is InChI=1S/C15H18N2O4S/c1-2-12-16(13-8-4-3-5-9-13)22(20,21)15-11-7-6-10-14(15)17(18)19/h2,4,6-8,10-11,13H,1,3,5,9,12H2. The molecule has 0 aliphatic heterocycles. The number of nitro groups is 1. The maximum absolute atomic E-state index is 12.9. The van der Waals surface area contributed by atoms with Gasteiger partial charge in [0.25, 0.3) is 15.7 Å². The van der Waals surface area contributed by atoms with Crippen LogP contribution < -0.4 is 0 Å². The Hall–Kier alpha value is -1.99. The highest BCUT2D eigenvalue weighted by Gasteiger charge is 2.34. The van der Waals surface area contributed by atoms with E-state index in [1.807, 2.05) is 12.2 Å². The van der Waals surface area contributed by atoms with Crippen molar-refractivity contribution in [3.8, 4) is 0 Å². The second-order valence-corrected chi connectivity index (χ2v) is 6.87. The van der Waals surface area contributed by atoms with Crippen LogP contribution in [-0.2, 0) is 10.0 Å². The van der Waals surface area contributed by atoms with Gasteiger partial charge in [0.1, 0.15) is 0 Å². The van der Waals surface area contributed by atoms with E-state index in [2.05, 4.69) is 6.58 Å². The summed E-state index contributed by atoms with van der Waals surface area (Å²) in [4.78, 5) is 10.2. The second-order valence-electron chi connectivity index (χ2n) is 5.01. The molecule has 1 aliphatic carbocycles. The van der Waals surface area contributed by atoms with Gasteiger partial charge in [-0.2, -0.15) is 4.31 Å². The number of para-hydroxylation sites is 1. The van der Waals surface area contributed by atoms with Crippen molar-refractivity contribution in [2.45, 2.75) is 30.2 Å². The molecule has 0 aromatic heterocycles. The van der Waals surface area contributed by atoms with E-state index in [1.165, 1.54) is 34.6 Å². The molecule has 0 spiro atoms. The molecule has 0 radical (unpaired) electrons. The summed E-state index contributed by atoms with van der Waals surface area (Å²) in [6.07, 6.45) is 7.79. The summed E-state index contributed by atoms with van der Waals surface area (Å²) >= 11 is 0. The Morgan fingerprint density at radius 3 is 2.73 bits per heavy atom. The average Bonchev–Trinajstić information content (AvgIpc) is 2.53. The molecule has 0 amide bonds. The van der Waals surface area contributed by atoms with Gasteiger partial charge in [0, 0.05) is 18.7 Å². The summed E-state index contributed by atoms with van der Waals surface area (Å²) in [5.41, 5.74) is -0.406. The zero-order valence-electron chi connectivity index (χ0n) is 12.1. The Kier molecular flexibility index (Phi) is 5.10. The van der Waals surface area contributed by atoms with E-state index in [0.29, 0.717) is 6.42 Å². The van der Waals surface area contributed by atoms with Crippen LogP contribution in [0.1, 0.15) is 19.3 Å². The smallest absolute Gasteiger partial charge is 0.258 e. The van der Waals surface area contributed by atoms with Gasteiger partial charge in [-0.3, -0.25) is 10.1 Å². The summed E-state index contributed by atoms with van der Waals surface area (Å²) in [5.74, 6) is 0. The van der Waals surface area contributed by atoms with E-state index in [1.54, 1.807) is 0 Å². The zero-order chi connectivity index (χ0) is 16.2. The number of nitro benzene ring substituents is 1. The maximum atomic E-state index is 12.9. The zero-order valence-corrected chi connectivity index (χ0v) is 12.9. The van der Waals surface area contributed by atoms with Crippen molar-refractivity contribution >= 4 is 15.7 Å². The first-order valence-corrected chi connectivity index (χ1v) is 8.45. The molecule has 6 nitrogen and oxygen atoms in total. The van der Waals surface area contributed by atoms with Gasteiger partial charge in [-0.1, -0.05) is 30.4 Å².